The molecule has 0 N–H and O–H groups in total. The minimum absolute atomic E-state index is 0.0698. The molecule has 2 aliphatic rings. The van der Waals surface area contributed by atoms with E-state index < -0.39 is 9.84 Å². The first-order valence-corrected chi connectivity index (χ1v) is 11.3. The van der Waals surface area contributed by atoms with Crippen LogP contribution in [0.1, 0.15) is 20.3 Å². The first kappa shape index (κ1) is 17.9. The minimum Gasteiger partial charge on any atom is -0.316 e. The lowest BCUT2D eigenvalue weighted by molar-refractivity contribution is -0.118. The number of thioether (sulfide) groups is 1. The Kier molecular flexibility index (Phi) is 5.09. The number of nitrogens with zero attached hydrogens (tertiary/aromatic N) is 2. The summed E-state index contributed by atoms with van der Waals surface area (Å²) in [6.45, 7) is 3.96. The van der Waals surface area contributed by atoms with Crippen molar-refractivity contribution in [1.29, 1.82) is 0 Å². The Bertz CT molecular complexity index is 792. The molecule has 130 valence electrons. The van der Waals surface area contributed by atoms with Gasteiger partial charge in [0, 0.05) is 21.8 Å². The Morgan fingerprint density at radius 3 is 2.83 bits per heavy atom. The number of hydrogen-bond acceptors (Lipinski definition) is 4. The second kappa shape index (κ2) is 6.80. The largest absolute Gasteiger partial charge is 0.316 e. The van der Waals surface area contributed by atoms with Crippen LogP contribution in [-0.2, 0) is 14.6 Å². The molecular weight excluding hydrogens is 412 g/mol. The van der Waals surface area contributed by atoms with Gasteiger partial charge in [0.15, 0.2) is 15.0 Å². The zero-order chi connectivity index (χ0) is 17.5. The van der Waals surface area contributed by atoms with Crippen molar-refractivity contribution in [3.63, 3.8) is 0 Å². The molecule has 0 saturated carbocycles. The van der Waals surface area contributed by atoms with Crippen molar-refractivity contribution in [2.24, 2.45) is 10.9 Å². The number of carbonyl (C=O) groups is 1. The SMILES string of the molecule is CC(C)CC(=O)N=C1S[C@H]2CS(=O)(=O)C[C@H]2N1c1cccc(Br)c1. The third kappa shape index (κ3) is 3.86. The Morgan fingerprint density at radius 1 is 1.42 bits per heavy atom. The first-order valence-electron chi connectivity index (χ1n) is 7.78. The van der Waals surface area contributed by atoms with E-state index in [1.165, 1.54) is 11.8 Å². The summed E-state index contributed by atoms with van der Waals surface area (Å²) >= 11 is 4.86. The molecule has 1 aromatic rings. The van der Waals surface area contributed by atoms with E-state index >= 15 is 0 Å². The summed E-state index contributed by atoms with van der Waals surface area (Å²) in [6, 6.07) is 7.49. The van der Waals surface area contributed by atoms with Gasteiger partial charge in [-0.1, -0.05) is 47.6 Å². The normalized spacial score (nSPS) is 27.0. The van der Waals surface area contributed by atoms with E-state index in [1.807, 2.05) is 43.0 Å². The molecule has 8 heteroatoms. The van der Waals surface area contributed by atoms with E-state index in [1.54, 1.807) is 0 Å². The molecule has 3 rings (SSSR count). The number of hydrogen-bond donors (Lipinski definition) is 0. The van der Waals surface area contributed by atoms with Crippen LogP contribution in [0.3, 0.4) is 0 Å². The Hall–Kier alpha value is -0.860. The van der Waals surface area contributed by atoms with Crippen LogP contribution in [0.25, 0.3) is 0 Å². The fourth-order valence-corrected chi connectivity index (χ4v) is 7.31. The van der Waals surface area contributed by atoms with E-state index in [0.29, 0.717) is 11.6 Å². The Balaban J connectivity index is 1.97. The summed E-state index contributed by atoms with van der Waals surface area (Å²) in [5.41, 5.74) is 0.859. The summed E-state index contributed by atoms with van der Waals surface area (Å²) in [6.07, 6.45) is 0.393. The molecule has 0 bridgehead atoms. The number of amidine groups is 1. The summed E-state index contributed by atoms with van der Waals surface area (Å²) < 4.78 is 24.9. The van der Waals surface area contributed by atoms with E-state index in [2.05, 4.69) is 20.9 Å². The van der Waals surface area contributed by atoms with Gasteiger partial charge in [0.1, 0.15) is 0 Å². The molecule has 0 radical (unpaired) electrons. The third-order valence-corrected chi connectivity index (χ3v) is 7.66. The number of rotatable bonds is 3. The zero-order valence-electron chi connectivity index (χ0n) is 13.5. The fourth-order valence-electron chi connectivity index (χ4n) is 2.99. The van der Waals surface area contributed by atoms with Crippen LogP contribution >= 0.6 is 27.7 Å². The van der Waals surface area contributed by atoms with Gasteiger partial charge in [-0.25, -0.2) is 8.42 Å². The molecule has 2 heterocycles. The molecule has 2 atom stereocenters. The average molecular weight is 431 g/mol. The molecule has 0 aliphatic carbocycles. The lowest BCUT2D eigenvalue weighted by atomic mass is 10.1. The molecule has 0 spiro atoms. The predicted octanol–water partition coefficient (Wildman–Crippen LogP) is 3.10. The van der Waals surface area contributed by atoms with Crippen LogP contribution < -0.4 is 4.90 Å². The van der Waals surface area contributed by atoms with E-state index in [0.717, 1.165) is 10.2 Å². The van der Waals surface area contributed by atoms with Crippen molar-refractivity contribution in [2.75, 3.05) is 16.4 Å². The lowest BCUT2D eigenvalue weighted by Gasteiger charge is -2.24. The molecular formula is C16H19BrN2O3S2. The quantitative estimate of drug-likeness (QED) is 0.736. The molecule has 2 fully saturated rings. The van der Waals surface area contributed by atoms with Gasteiger partial charge in [-0.3, -0.25) is 4.79 Å². The number of anilines is 1. The number of amides is 1. The maximum atomic E-state index is 12.1. The Morgan fingerprint density at radius 2 is 2.17 bits per heavy atom. The topological polar surface area (TPSA) is 66.8 Å². The predicted molar refractivity (Wildman–Crippen MR) is 102 cm³/mol. The summed E-state index contributed by atoms with van der Waals surface area (Å²) in [4.78, 5) is 18.4. The van der Waals surface area contributed by atoms with Crippen molar-refractivity contribution in [1.82, 2.24) is 0 Å². The second-order valence-corrected chi connectivity index (χ2v) is 10.8. The van der Waals surface area contributed by atoms with E-state index in [4.69, 9.17) is 0 Å². The van der Waals surface area contributed by atoms with Crippen molar-refractivity contribution in [2.45, 2.75) is 31.6 Å². The van der Waals surface area contributed by atoms with Crippen LogP contribution in [0, 0.1) is 5.92 Å². The van der Waals surface area contributed by atoms with Crippen LogP contribution in [0.4, 0.5) is 5.69 Å². The highest BCUT2D eigenvalue weighted by Crippen LogP contribution is 2.41. The van der Waals surface area contributed by atoms with Crippen LogP contribution in [0.15, 0.2) is 33.7 Å². The highest BCUT2D eigenvalue weighted by atomic mass is 79.9. The Labute approximate surface area is 155 Å². The molecule has 1 aromatic carbocycles. The summed E-state index contributed by atoms with van der Waals surface area (Å²) in [7, 11) is -3.04. The molecule has 2 aliphatic heterocycles. The third-order valence-electron chi connectivity index (χ3n) is 3.96. The molecule has 24 heavy (non-hydrogen) atoms. The zero-order valence-corrected chi connectivity index (χ0v) is 16.7. The smallest absolute Gasteiger partial charge is 0.248 e. The van der Waals surface area contributed by atoms with Gasteiger partial charge in [-0.05, 0) is 24.1 Å². The number of fused-ring (bicyclic) bond motifs is 1. The van der Waals surface area contributed by atoms with Gasteiger partial charge in [0.05, 0.1) is 17.5 Å². The monoisotopic (exact) mass is 430 g/mol. The van der Waals surface area contributed by atoms with Gasteiger partial charge in [0.2, 0.25) is 5.91 Å². The lowest BCUT2D eigenvalue weighted by Crippen LogP contribution is -2.37. The number of aliphatic imine (C=N–C) groups is 1. The van der Waals surface area contributed by atoms with E-state index in [-0.39, 0.29) is 34.6 Å². The van der Waals surface area contributed by atoms with Gasteiger partial charge >= 0.3 is 0 Å². The van der Waals surface area contributed by atoms with Crippen molar-refractivity contribution >= 4 is 54.3 Å². The number of carbonyl (C=O) groups excluding carboxylic acids is 1. The molecule has 0 aromatic heterocycles. The first-order chi connectivity index (χ1) is 11.2. The second-order valence-electron chi connectivity index (χ2n) is 6.54. The van der Waals surface area contributed by atoms with Gasteiger partial charge in [-0.2, -0.15) is 4.99 Å². The van der Waals surface area contributed by atoms with Crippen molar-refractivity contribution < 1.29 is 13.2 Å². The maximum absolute atomic E-state index is 12.1. The number of benzene rings is 1. The number of halogens is 1. The van der Waals surface area contributed by atoms with Gasteiger partial charge in [-0.15, -0.1) is 0 Å². The van der Waals surface area contributed by atoms with Gasteiger partial charge < -0.3 is 4.90 Å². The van der Waals surface area contributed by atoms with Crippen molar-refractivity contribution in [3.05, 3.63) is 28.7 Å². The number of sulfone groups is 1. The molecule has 1 amide bonds. The standard InChI is InChI=1S/C16H19BrN2O3S2/c1-10(2)6-15(20)18-16-19(12-5-3-4-11(17)7-12)13-8-24(21,22)9-14(13)23-16/h3-5,7,10,13-14H,6,8-9H2,1-2H3/t13-,14+/m1/s1. The highest BCUT2D eigenvalue weighted by molar-refractivity contribution is 9.10. The van der Waals surface area contributed by atoms with Gasteiger partial charge in [0.25, 0.3) is 0 Å². The molecule has 0 unspecified atom stereocenters. The fraction of sp³-hybridized carbons (Fsp3) is 0.500. The van der Waals surface area contributed by atoms with Crippen LogP contribution in [0.5, 0.6) is 0 Å². The maximum Gasteiger partial charge on any atom is 0.248 e. The molecule has 2 saturated heterocycles. The summed E-state index contributed by atoms with van der Waals surface area (Å²) in [5.74, 6) is 0.335. The average Bonchev–Trinajstić information content (AvgIpc) is 2.88. The minimum atomic E-state index is -3.04. The summed E-state index contributed by atoms with van der Waals surface area (Å²) in [5, 5.41) is 0.545. The molecule has 5 nitrogen and oxygen atoms in total. The van der Waals surface area contributed by atoms with Crippen LogP contribution in [0.2, 0.25) is 0 Å². The van der Waals surface area contributed by atoms with Crippen LogP contribution in [-0.4, -0.2) is 42.3 Å². The van der Waals surface area contributed by atoms with Crippen molar-refractivity contribution in [3.8, 4) is 0 Å². The highest BCUT2D eigenvalue weighted by Gasteiger charge is 2.49. The van der Waals surface area contributed by atoms with E-state index in [9.17, 15) is 13.2 Å².